The highest BCUT2D eigenvalue weighted by Gasteiger charge is 1.98. The van der Waals surface area contributed by atoms with Gasteiger partial charge in [-0.1, -0.05) is 44.1 Å². The van der Waals surface area contributed by atoms with E-state index in [1.165, 1.54) is 47.9 Å². The highest BCUT2D eigenvalue weighted by Crippen LogP contribution is 2.14. The molecule has 0 spiro atoms. The highest BCUT2D eigenvalue weighted by molar-refractivity contribution is 5.45. The Bertz CT molecular complexity index is 416. The molecule has 0 aliphatic heterocycles. The summed E-state index contributed by atoms with van der Waals surface area (Å²) in [5, 5.41) is 0. The quantitative estimate of drug-likeness (QED) is 0.506. The Kier molecular flexibility index (Phi) is 5.84. The molecule has 0 saturated carbocycles. The Morgan fingerprint density at radius 1 is 0.882 bits per heavy atom. The van der Waals surface area contributed by atoms with E-state index in [-0.39, 0.29) is 0 Å². The third kappa shape index (κ3) is 4.65. The van der Waals surface area contributed by atoms with Crippen molar-refractivity contribution < 1.29 is 0 Å². The molecule has 0 aliphatic rings. The monoisotopic (exact) mass is 228 g/mol. The molecule has 1 aromatic rings. The van der Waals surface area contributed by atoms with E-state index in [0.717, 1.165) is 6.42 Å². The van der Waals surface area contributed by atoms with E-state index in [0.29, 0.717) is 0 Å². The molecule has 0 radical (unpaired) electrons. The lowest BCUT2D eigenvalue weighted by molar-refractivity contribution is 0.679. The maximum absolute atomic E-state index is 3.31. The third-order valence-corrected chi connectivity index (χ3v) is 3.22. The Morgan fingerprint density at radius 2 is 1.59 bits per heavy atom. The van der Waals surface area contributed by atoms with Crippen molar-refractivity contribution in [2.75, 3.05) is 0 Å². The van der Waals surface area contributed by atoms with E-state index in [1.807, 2.05) is 0 Å². The zero-order valence-corrected chi connectivity index (χ0v) is 11.7. The molecule has 0 N–H and O–H groups in total. The van der Waals surface area contributed by atoms with Crippen molar-refractivity contribution >= 4 is 0 Å². The van der Waals surface area contributed by atoms with Gasteiger partial charge in [-0.25, -0.2) is 0 Å². The maximum Gasteiger partial charge on any atom is 0.0277 e. The van der Waals surface area contributed by atoms with Gasteiger partial charge in [-0.15, -0.1) is 0 Å². The minimum Gasteiger partial charge on any atom is -0.0979 e. The van der Waals surface area contributed by atoms with Crippen molar-refractivity contribution in [1.82, 2.24) is 0 Å². The third-order valence-electron chi connectivity index (χ3n) is 3.22. The Morgan fingerprint density at radius 3 is 2.29 bits per heavy atom. The Balaban J connectivity index is 2.57. The van der Waals surface area contributed by atoms with Crippen LogP contribution in [-0.4, -0.2) is 0 Å². The van der Waals surface area contributed by atoms with Crippen LogP contribution < -0.4 is 0 Å². The van der Waals surface area contributed by atoms with Crippen molar-refractivity contribution in [3.8, 4) is 11.8 Å². The van der Waals surface area contributed by atoms with Gasteiger partial charge in [-0.05, 0) is 49.9 Å². The molecule has 0 fully saturated rings. The second-order valence-corrected chi connectivity index (χ2v) is 4.86. The fraction of sp³-hybridized carbons (Fsp3) is 0.529. The molecule has 0 heterocycles. The van der Waals surface area contributed by atoms with Crippen molar-refractivity contribution in [3.05, 3.63) is 34.4 Å². The van der Waals surface area contributed by atoms with Gasteiger partial charge in [0.25, 0.3) is 0 Å². The van der Waals surface area contributed by atoms with E-state index in [9.17, 15) is 0 Å². The number of hydrogen-bond donors (Lipinski definition) is 0. The van der Waals surface area contributed by atoms with E-state index in [1.54, 1.807) is 0 Å². The van der Waals surface area contributed by atoms with Gasteiger partial charge in [0.2, 0.25) is 0 Å². The van der Waals surface area contributed by atoms with Crippen LogP contribution in [-0.2, 0) is 0 Å². The summed E-state index contributed by atoms with van der Waals surface area (Å²) in [5.74, 6) is 6.61. The van der Waals surface area contributed by atoms with Gasteiger partial charge in [-0.3, -0.25) is 0 Å². The summed E-state index contributed by atoms with van der Waals surface area (Å²) in [6.07, 6.45) is 6.22. The first-order valence-electron chi connectivity index (χ1n) is 6.72. The Hall–Kier alpha value is -1.22. The predicted molar refractivity (Wildman–Crippen MR) is 76.3 cm³/mol. The van der Waals surface area contributed by atoms with Crippen LogP contribution in [0.15, 0.2) is 12.1 Å². The summed E-state index contributed by atoms with van der Waals surface area (Å²) in [7, 11) is 0. The summed E-state index contributed by atoms with van der Waals surface area (Å²) in [4.78, 5) is 0. The minimum absolute atomic E-state index is 1.03. The first-order chi connectivity index (χ1) is 8.15. The van der Waals surface area contributed by atoms with Crippen LogP contribution in [0.4, 0.5) is 0 Å². The van der Waals surface area contributed by atoms with Crippen LogP contribution in [0.1, 0.15) is 61.3 Å². The molecule has 0 aromatic heterocycles. The van der Waals surface area contributed by atoms with Gasteiger partial charge >= 0.3 is 0 Å². The number of unbranched alkanes of at least 4 members (excludes halogenated alkanes) is 4. The molecule has 17 heavy (non-hydrogen) atoms. The number of rotatable bonds is 4. The van der Waals surface area contributed by atoms with Gasteiger partial charge < -0.3 is 0 Å². The second-order valence-electron chi connectivity index (χ2n) is 4.86. The molecule has 0 atom stereocenters. The van der Waals surface area contributed by atoms with Crippen LogP contribution in [0.5, 0.6) is 0 Å². The van der Waals surface area contributed by atoms with Gasteiger partial charge in [0.05, 0.1) is 0 Å². The predicted octanol–water partition coefficient (Wildman–Crippen LogP) is 4.93. The molecule has 0 bridgehead atoms. The topological polar surface area (TPSA) is 0 Å². The number of hydrogen-bond acceptors (Lipinski definition) is 0. The molecule has 0 saturated heterocycles. The summed E-state index contributed by atoms with van der Waals surface area (Å²) < 4.78 is 0. The van der Waals surface area contributed by atoms with Gasteiger partial charge in [0.15, 0.2) is 0 Å². The van der Waals surface area contributed by atoms with Crippen LogP contribution in [0.25, 0.3) is 0 Å². The average molecular weight is 228 g/mol. The van der Waals surface area contributed by atoms with Gasteiger partial charge in [0.1, 0.15) is 0 Å². The van der Waals surface area contributed by atoms with Crippen molar-refractivity contribution in [1.29, 1.82) is 0 Å². The molecule has 0 aliphatic carbocycles. The molecule has 92 valence electrons. The standard InChI is InChI=1S/C17H24/c1-5-6-7-8-9-10-11-17-13-15(3)14(2)12-16(17)4/h12-13H,5-9H2,1-4H3. The molecular weight excluding hydrogens is 204 g/mol. The minimum atomic E-state index is 1.03. The fourth-order valence-electron chi connectivity index (χ4n) is 1.89. The lowest BCUT2D eigenvalue weighted by Gasteiger charge is -2.04. The largest absolute Gasteiger partial charge is 0.0979 e. The van der Waals surface area contributed by atoms with E-state index in [4.69, 9.17) is 0 Å². The summed E-state index contributed by atoms with van der Waals surface area (Å²) in [6, 6.07) is 4.44. The zero-order valence-electron chi connectivity index (χ0n) is 11.7. The van der Waals surface area contributed by atoms with Gasteiger partial charge in [0, 0.05) is 12.0 Å². The van der Waals surface area contributed by atoms with Crippen LogP contribution in [0.2, 0.25) is 0 Å². The van der Waals surface area contributed by atoms with Crippen molar-refractivity contribution in [2.45, 2.75) is 59.8 Å². The van der Waals surface area contributed by atoms with Gasteiger partial charge in [-0.2, -0.15) is 0 Å². The van der Waals surface area contributed by atoms with Crippen LogP contribution >= 0.6 is 0 Å². The first kappa shape index (κ1) is 13.8. The molecule has 0 amide bonds. The van der Waals surface area contributed by atoms with E-state index < -0.39 is 0 Å². The number of benzene rings is 1. The number of aryl methyl sites for hydroxylation is 3. The van der Waals surface area contributed by atoms with Crippen LogP contribution in [0.3, 0.4) is 0 Å². The highest BCUT2D eigenvalue weighted by atomic mass is 14.0. The Labute approximate surface area is 106 Å². The molecule has 0 heteroatoms. The lowest BCUT2D eigenvalue weighted by atomic mass is 10.0. The second kappa shape index (κ2) is 7.17. The molecule has 1 aromatic carbocycles. The molecule has 0 unspecified atom stereocenters. The lowest BCUT2D eigenvalue weighted by Crippen LogP contribution is -1.88. The molecule has 1 rings (SSSR count). The van der Waals surface area contributed by atoms with E-state index >= 15 is 0 Å². The zero-order chi connectivity index (χ0) is 12.7. The summed E-state index contributed by atoms with van der Waals surface area (Å²) in [5.41, 5.74) is 5.19. The van der Waals surface area contributed by atoms with Crippen LogP contribution in [0, 0.1) is 32.6 Å². The fourth-order valence-corrected chi connectivity index (χ4v) is 1.89. The maximum atomic E-state index is 3.31. The van der Waals surface area contributed by atoms with Crippen molar-refractivity contribution in [2.24, 2.45) is 0 Å². The SMILES string of the molecule is CCCCCCC#Cc1cc(C)c(C)cc1C. The normalized spacial score (nSPS) is 9.88. The average Bonchev–Trinajstić information content (AvgIpc) is 2.30. The summed E-state index contributed by atoms with van der Waals surface area (Å²) in [6.45, 7) is 8.70. The smallest absolute Gasteiger partial charge is 0.0277 e. The first-order valence-corrected chi connectivity index (χ1v) is 6.72. The molecule has 0 nitrogen and oxygen atoms in total. The van der Waals surface area contributed by atoms with E-state index in [2.05, 4.69) is 51.7 Å². The summed E-state index contributed by atoms with van der Waals surface area (Å²) >= 11 is 0. The van der Waals surface area contributed by atoms with Crippen molar-refractivity contribution in [3.63, 3.8) is 0 Å². The molecular formula is C17H24.